The van der Waals surface area contributed by atoms with Crippen LogP contribution in [0.2, 0.25) is 5.02 Å². The van der Waals surface area contributed by atoms with Crippen molar-refractivity contribution < 1.29 is 19.1 Å². The number of ether oxygens (including phenoxy) is 1. The number of nitrogens with one attached hydrogen (secondary N) is 1. The molecule has 2 aromatic rings. The van der Waals surface area contributed by atoms with Crippen molar-refractivity contribution in [3.05, 3.63) is 65.7 Å². The average molecular weight is 425 g/mol. The van der Waals surface area contributed by atoms with Crippen LogP contribution in [0.5, 0.6) is 11.5 Å². The fraction of sp³-hybridized carbons (Fsp3) is 0.261. The zero-order chi connectivity index (χ0) is 21.1. The van der Waals surface area contributed by atoms with Crippen molar-refractivity contribution in [2.24, 2.45) is 11.8 Å². The van der Waals surface area contributed by atoms with Gasteiger partial charge in [-0.05, 0) is 49.2 Å². The summed E-state index contributed by atoms with van der Waals surface area (Å²) in [5.41, 5.74) is 0.600. The van der Waals surface area contributed by atoms with Crippen LogP contribution in [-0.4, -0.2) is 29.2 Å². The molecule has 0 bridgehead atoms. The van der Waals surface area contributed by atoms with Crippen molar-refractivity contribution in [2.75, 3.05) is 11.9 Å². The van der Waals surface area contributed by atoms with Crippen LogP contribution < -0.4 is 10.1 Å². The number of halogens is 1. The van der Waals surface area contributed by atoms with Gasteiger partial charge in [0.25, 0.3) is 0 Å². The summed E-state index contributed by atoms with van der Waals surface area (Å²) in [5.74, 6) is 0.0134. The quantitative estimate of drug-likeness (QED) is 0.550. The molecule has 0 saturated carbocycles. The highest BCUT2D eigenvalue weighted by molar-refractivity contribution is 6.32. The SMILES string of the molecule is O=C(CCN1C(=O)[C@H]2CC=CC[C@H]2C1=O)Nc1ccc(Oc2ccccc2Cl)cc1. The molecule has 1 saturated heterocycles. The Balaban J connectivity index is 1.30. The van der Waals surface area contributed by atoms with Gasteiger partial charge in [-0.25, -0.2) is 0 Å². The fourth-order valence-corrected chi connectivity index (χ4v) is 3.96. The van der Waals surface area contributed by atoms with E-state index in [0.29, 0.717) is 35.1 Å². The molecule has 30 heavy (non-hydrogen) atoms. The highest BCUT2D eigenvalue weighted by Crippen LogP contribution is 2.35. The standard InChI is InChI=1S/C23H21ClN2O4/c24-19-7-3-4-8-20(19)30-16-11-9-15(10-12-16)25-21(27)13-14-26-22(28)17-5-1-2-6-18(17)23(26)29/h1-4,7-12,17-18H,5-6,13-14H2,(H,25,27)/t17-,18+. The summed E-state index contributed by atoms with van der Waals surface area (Å²) >= 11 is 6.09. The lowest BCUT2D eigenvalue weighted by Gasteiger charge is -2.14. The lowest BCUT2D eigenvalue weighted by Crippen LogP contribution is -2.34. The molecule has 1 fully saturated rings. The van der Waals surface area contributed by atoms with Gasteiger partial charge < -0.3 is 10.1 Å². The van der Waals surface area contributed by atoms with Crippen LogP contribution in [-0.2, 0) is 14.4 Å². The number of hydrogen-bond donors (Lipinski definition) is 1. The maximum absolute atomic E-state index is 12.4. The Morgan fingerprint density at radius 1 is 1.00 bits per heavy atom. The van der Waals surface area contributed by atoms with Gasteiger partial charge in [0.2, 0.25) is 17.7 Å². The molecular weight excluding hydrogens is 404 g/mol. The van der Waals surface area contributed by atoms with Gasteiger partial charge in [-0.2, -0.15) is 0 Å². The number of likely N-dealkylation sites (tertiary alicyclic amines) is 1. The molecule has 0 spiro atoms. The second-order valence-corrected chi connectivity index (χ2v) is 7.75. The van der Waals surface area contributed by atoms with E-state index in [1.165, 1.54) is 4.90 Å². The number of allylic oxidation sites excluding steroid dienone is 2. The molecule has 3 amide bonds. The molecule has 1 aliphatic carbocycles. The minimum Gasteiger partial charge on any atom is -0.456 e. The Morgan fingerprint density at radius 2 is 1.63 bits per heavy atom. The number of nitrogens with zero attached hydrogens (tertiary/aromatic N) is 1. The van der Waals surface area contributed by atoms with E-state index in [9.17, 15) is 14.4 Å². The summed E-state index contributed by atoms with van der Waals surface area (Å²) in [6.07, 6.45) is 5.15. The van der Waals surface area contributed by atoms with Crippen molar-refractivity contribution in [3.8, 4) is 11.5 Å². The third-order valence-electron chi connectivity index (χ3n) is 5.36. The van der Waals surface area contributed by atoms with Gasteiger partial charge in [-0.3, -0.25) is 19.3 Å². The zero-order valence-electron chi connectivity index (χ0n) is 16.2. The molecule has 7 heteroatoms. The average Bonchev–Trinajstić information content (AvgIpc) is 3.00. The van der Waals surface area contributed by atoms with Crippen molar-refractivity contribution in [1.29, 1.82) is 0 Å². The maximum atomic E-state index is 12.4. The second kappa shape index (κ2) is 8.71. The van der Waals surface area contributed by atoms with Crippen LogP contribution in [0.3, 0.4) is 0 Å². The first-order valence-corrected chi connectivity index (χ1v) is 10.2. The van der Waals surface area contributed by atoms with E-state index in [1.54, 1.807) is 36.4 Å². The lowest BCUT2D eigenvalue weighted by atomic mass is 9.85. The Kier molecular flexibility index (Phi) is 5.86. The van der Waals surface area contributed by atoms with Crippen molar-refractivity contribution in [1.82, 2.24) is 4.90 Å². The number of benzene rings is 2. The zero-order valence-corrected chi connectivity index (χ0v) is 17.0. The number of anilines is 1. The first-order chi connectivity index (χ1) is 14.5. The first kappa shape index (κ1) is 20.2. The topological polar surface area (TPSA) is 75.7 Å². The summed E-state index contributed by atoms with van der Waals surface area (Å²) in [6.45, 7) is 0.101. The summed E-state index contributed by atoms with van der Waals surface area (Å²) in [4.78, 5) is 38.4. The number of fused-ring (bicyclic) bond motifs is 1. The van der Waals surface area contributed by atoms with Gasteiger partial charge in [0.15, 0.2) is 0 Å². The highest BCUT2D eigenvalue weighted by atomic mass is 35.5. The number of amides is 3. The number of hydrogen-bond acceptors (Lipinski definition) is 4. The molecule has 2 aliphatic rings. The Morgan fingerprint density at radius 3 is 2.27 bits per heavy atom. The fourth-order valence-electron chi connectivity index (χ4n) is 3.79. The van der Waals surface area contributed by atoms with Crippen LogP contribution in [0, 0.1) is 11.8 Å². The van der Waals surface area contributed by atoms with Crippen LogP contribution in [0.15, 0.2) is 60.7 Å². The third kappa shape index (κ3) is 4.24. The van der Waals surface area contributed by atoms with Crippen molar-refractivity contribution >= 4 is 35.0 Å². The maximum Gasteiger partial charge on any atom is 0.233 e. The predicted molar refractivity (Wildman–Crippen MR) is 113 cm³/mol. The van der Waals surface area contributed by atoms with Gasteiger partial charge >= 0.3 is 0 Å². The van der Waals surface area contributed by atoms with Gasteiger partial charge in [0.05, 0.1) is 16.9 Å². The Hall–Kier alpha value is -3.12. The Bertz CT molecular complexity index is 977. The minimum atomic E-state index is -0.267. The molecule has 154 valence electrons. The number of carbonyl (C=O) groups excluding carboxylic acids is 3. The van der Waals surface area contributed by atoms with Crippen molar-refractivity contribution in [3.63, 3.8) is 0 Å². The monoisotopic (exact) mass is 424 g/mol. The molecule has 0 aromatic heterocycles. The molecule has 0 radical (unpaired) electrons. The number of para-hydroxylation sites is 1. The molecule has 6 nitrogen and oxygen atoms in total. The van der Waals surface area contributed by atoms with Gasteiger partial charge in [0.1, 0.15) is 11.5 Å². The molecule has 1 aliphatic heterocycles. The van der Waals surface area contributed by atoms with Gasteiger partial charge in [0, 0.05) is 18.7 Å². The van der Waals surface area contributed by atoms with E-state index >= 15 is 0 Å². The lowest BCUT2D eigenvalue weighted by molar-refractivity contribution is -0.140. The second-order valence-electron chi connectivity index (χ2n) is 7.34. The molecule has 4 rings (SSSR count). The number of rotatable bonds is 6. The molecule has 1 N–H and O–H groups in total. The predicted octanol–water partition coefficient (Wildman–Crippen LogP) is 4.41. The van der Waals surface area contributed by atoms with Gasteiger partial charge in [-0.15, -0.1) is 0 Å². The van der Waals surface area contributed by atoms with E-state index in [-0.39, 0.29) is 42.5 Å². The van der Waals surface area contributed by atoms with E-state index in [0.717, 1.165) is 0 Å². The molecular formula is C23H21ClN2O4. The summed E-state index contributed by atoms with van der Waals surface area (Å²) < 4.78 is 5.72. The molecule has 0 unspecified atom stereocenters. The summed E-state index contributed by atoms with van der Waals surface area (Å²) in [5, 5.41) is 3.29. The van der Waals surface area contributed by atoms with E-state index in [4.69, 9.17) is 16.3 Å². The summed E-state index contributed by atoms with van der Waals surface area (Å²) in [6, 6.07) is 14.1. The normalized spacial score (nSPS) is 20.2. The van der Waals surface area contributed by atoms with E-state index in [1.807, 2.05) is 24.3 Å². The smallest absolute Gasteiger partial charge is 0.233 e. The first-order valence-electron chi connectivity index (χ1n) is 9.85. The van der Waals surface area contributed by atoms with Gasteiger partial charge in [-0.1, -0.05) is 35.9 Å². The minimum absolute atomic E-state index is 0.0578. The largest absolute Gasteiger partial charge is 0.456 e. The van der Waals surface area contributed by atoms with E-state index in [2.05, 4.69) is 5.32 Å². The van der Waals surface area contributed by atoms with Crippen LogP contribution in [0.25, 0.3) is 0 Å². The van der Waals surface area contributed by atoms with E-state index < -0.39 is 0 Å². The Labute approximate surface area is 179 Å². The molecule has 1 heterocycles. The molecule has 2 atom stereocenters. The summed E-state index contributed by atoms with van der Waals surface area (Å²) in [7, 11) is 0. The van der Waals surface area contributed by atoms with Crippen LogP contribution in [0.4, 0.5) is 5.69 Å². The van der Waals surface area contributed by atoms with Crippen LogP contribution in [0.1, 0.15) is 19.3 Å². The third-order valence-corrected chi connectivity index (χ3v) is 5.68. The van der Waals surface area contributed by atoms with Crippen LogP contribution >= 0.6 is 11.6 Å². The number of carbonyl (C=O) groups is 3. The highest BCUT2D eigenvalue weighted by Gasteiger charge is 2.46. The molecule has 2 aromatic carbocycles. The number of imide groups is 1. The van der Waals surface area contributed by atoms with Crippen molar-refractivity contribution in [2.45, 2.75) is 19.3 Å².